The van der Waals surface area contributed by atoms with Crippen molar-refractivity contribution in [2.24, 2.45) is 0 Å². The molecule has 33 heavy (non-hydrogen) atoms. The van der Waals surface area contributed by atoms with E-state index in [1.807, 2.05) is 46.7 Å². The molecule has 2 aromatic rings. The number of nitrogens with zero attached hydrogens (tertiary/aromatic N) is 2. The summed E-state index contributed by atoms with van der Waals surface area (Å²) < 4.78 is 5.80. The average Bonchev–Trinajstić information content (AvgIpc) is 3.53. The van der Waals surface area contributed by atoms with Crippen LogP contribution in [0.4, 0.5) is 0 Å². The smallest absolute Gasteiger partial charge is 0.242 e. The number of amides is 2. The van der Waals surface area contributed by atoms with Gasteiger partial charge in [-0.15, -0.1) is 11.3 Å². The first-order valence-corrected chi connectivity index (χ1v) is 13.3. The highest BCUT2D eigenvalue weighted by molar-refractivity contribution is 7.09. The normalized spacial score (nSPS) is 15.5. The minimum Gasteiger partial charge on any atom is -0.376 e. The Labute approximate surface area is 202 Å². The van der Waals surface area contributed by atoms with Gasteiger partial charge in [0.05, 0.1) is 19.2 Å². The van der Waals surface area contributed by atoms with Crippen LogP contribution in [0.25, 0.3) is 0 Å². The molecular formula is C27H38N2O3S. The van der Waals surface area contributed by atoms with Crippen molar-refractivity contribution in [3.8, 4) is 0 Å². The third-order valence-electron chi connectivity index (χ3n) is 6.12. The fourth-order valence-electron chi connectivity index (χ4n) is 4.22. The van der Waals surface area contributed by atoms with E-state index in [2.05, 4.69) is 13.0 Å². The quantitative estimate of drug-likeness (QED) is 0.336. The van der Waals surface area contributed by atoms with Crippen molar-refractivity contribution in [3.63, 3.8) is 0 Å². The van der Waals surface area contributed by atoms with E-state index in [1.165, 1.54) is 19.3 Å². The number of thiophene rings is 1. The summed E-state index contributed by atoms with van der Waals surface area (Å²) in [6.45, 7) is 4.66. The van der Waals surface area contributed by atoms with Crippen LogP contribution in [-0.2, 0) is 27.4 Å². The molecule has 2 heterocycles. The van der Waals surface area contributed by atoms with Gasteiger partial charge in [-0.3, -0.25) is 9.59 Å². The maximum Gasteiger partial charge on any atom is 0.242 e. The van der Waals surface area contributed by atoms with Crippen LogP contribution in [0.3, 0.4) is 0 Å². The summed E-state index contributed by atoms with van der Waals surface area (Å²) in [7, 11) is 0. The predicted molar refractivity (Wildman–Crippen MR) is 134 cm³/mol. The van der Waals surface area contributed by atoms with Gasteiger partial charge in [0.1, 0.15) is 0 Å². The van der Waals surface area contributed by atoms with Crippen LogP contribution in [0, 0.1) is 0 Å². The number of rotatable bonds is 14. The number of ether oxygens (including phenoxy) is 1. The molecule has 2 amide bonds. The molecule has 0 radical (unpaired) electrons. The van der Waals surface area contributed by atoms with Crippen LogP contribution in [0.15, 0.2) is 47.8 Å². The van der Waals surface area contributed by atoms with Gasteiger partial charge < -0.3 is 14.5 Å². The SMILES string of the molecule is CCCCCCCC(=O)N(CC(=O)N(Cc1ccccc1)Cc1cccs1)CC1CCCO1. The zero-order chi connectivity index (χ0) is 23.3. The van der Waals surface area contributed by atoms with E-state index in [0.717, 1.165) is 42.7 Å². The lowest BCUT2D eigenvalue weighted by molar-refractivity contribution is -0.142. The molecule has 6 heteroatoms. The van der Waals surface area contributed by atoms with Gasteiger partial charge in [-0.05, 0) is 36.3 Å². The number of hydrogen-bond acceptors (Lipinski definition) is 4. The number of carbonyl (C=O) groups is 2. The highest BCUT2D eigenvalue weighted by atomic mass is 32.1. The van der Waals surface area contributed by atoms with Gasteiger partial charge in [-0.2, -0.15) is 0 Å². The molecule has 0 aliphatic carbocycles. The number of hydrogen-bond donors (Lipinski definition) is 0. The third-order valence-corrected chi connectivity index (χ3v) is 6.98. The Balaban J connectivity index is 1.65. The minimum atomic E-state index is -0.00965. The molecule has 0 N–H and O–H groups in total. The number of unbranched alkanes of at least 4 members (excludes halogenated alkanes) is 4. The molecule has 1 aromatic carbocycles. The van der Waals surface area contributed by atoms with Crippen molar-refractivity contribution in [1.82, 2.24) is 9.80 Å². The van der Waals surface area contributed by atoms with E-state index in [-0.39, 0.29) is 24.5 Å². The third kappa shape index (κ3) is 8.94. The first kappa shape index (κ1) is 25.4. The van der Waals surface area contributed by atoms with Crippen LogP contribution in [0.2, 0.25) is 0 Å². The first-order chi connectivity index (χ1) is 16.2. The van der Waals surface area contributed by atoms with Crippen LogP contribution in [0.1, 0.15) is 68.7 Å². The summed E-state index contributed by atoms with van der Waals surface area (Å²) in [5, 5.41) is 2.03. The maximum absolute atomic E-state index is 13.5. The highest BCUT2D eigenvalue weighted by Gasteiger charge is 2.26. The van der Waals surface area contributed by atoms with Crippen molar-refractivity contribution < 1.29 is 14.3 Å². The molecule has 1 aromatic heterocycles. The highest BCUT2D eigenvalue weighted by Crippen LogP contribution is 2.18. The molecule has 1 fully saturated rings. The zero-order valence-corrected chi connectivity index (χ0v) is 20.7. The molecule has 1 aliphatic rings. The molecular weight excluding hydrogens is 432 g/mol. The molecule has 3 rings (SSSR count). The standard InChI is InChI=1S/C27H38N2O3S/c1-2-3-4-5-9-16-26(30)29(20-24-14-10-17-32-24)22-27(31)28(21-25-15-11-18-33-25)19-23-12-7-6-8-13-23/h6-8,11-13,15,18,24H,2-5,9-10,14,16-17,19-22H2,1H3. The van der Waals surface area contributed by atoms with Gasteiger partial charge in [-0.25, -0.2) is 0 Å². The second-order valence-electron chi connectivity index (χ2n) is 8.89. The van der Waals surface area contributed by atoms with E-state index in [1.54, 1.807) is 16.2 Å². The molecule has 1 unspecified atom stereocenters. The lowest BCUT2D eigenvalue weighted by Gasteiger charge is -2.29. The summed E-state index contributed by atoms with van der Waals surface area (Å²) in [5.41, 5.74) is 1.09. The van der Waals surface area contributed by atoms with E-state index in [0.29, 0.717) is 26.1 Å². The van der Waals surface area contributed by atoms with E-state index < -0.39 is 0 Å². The summed E-state index contributed by atoms with van der Waals surface area (Å²) in [5.74, 6) is 0.0655. The Bertz CT molecular complexity index is 819. The molecule has 0 bridgehead atoms. The van der Waals surface area contributed by atoms with E-state index >= 15 is 0 Å². The molecule has 0 spiro atoms. The van der Waals surface area contributed by atoms with Gasteiger partial charge >= 0.3 is 0 Å². The average molecular weight is 471 g/mol. The van der Waals surface area contributed by atoms with Crippen molar-refractivity contribution >= 4 is 23.2 Å². The molecule has 180 valence electrons. The second-order valence-corrected chi connectivity index (χ2v) is 9.92. The molecule has 1 saturated heterocycles. The van der Waals surface area contributed by atoms with Crippen LogP contribution < -0.4 is 0 Å². The minimum absolute atomic E-state index is 0.00965. The number of carbonyl (C=O) groups excluding carboxylic acids is 2. The summed E-state index contributed by atoms with van der Waals surface area (Å²) in [4.78, 5) is 31.3. The predicted octanol–water partition coefficient (Wildman–Crippen LogP) is 5.65. The molecule has 0 saturated carbocycles. The van der Waals surface area contributed by atoms with E-state index in [9.17, 15) is 9.59 Å². The monoisotopic (exact) mass is 470 g/mol. The second kappa shape index (κ2) is 14.2. The van der Waals surface area contributed by atoms with Crippen molar-refractivity contribution in [1.29, 1.82) is 0 Å². The van der Waals surface area contributed by atoms with Crippen molar-refractivity contribution in [2.45, 2.75) is 77.5 Å². The van der Waals surface area contributed by atoms with Gasteiger partial charge in [-0.1, -0.05) is 69.0 Å². The van der Waals surface area contributed by atoms with Crippen molar-refractivity contribution in [2.75, 3.05) is 19.7 Å². The van der Waals surface area contributed by atoms with Crippen molar-refractivity contribution in [3.05, 3.63) is 58.3 Å². The van der Waals surface area contributed by atoms with E-state index in [4.69, 9.17) is 4.74 Å². The maximum atomic E-state index is 13.5. The van der Waals surface area contributed by atoms with Crippen LogP contribution in [-0.4, -0.2) is 47.4 Å². The van der Waals surface area contributed by atoms with Crippen LogP contribution in [0.5, 0.6) is 0 Å². The largest absolute Gasteiger partial charge is 0.376 e. The topological polar surface area (TPSA) is 49.9 Å². The molecule has 5 nitrogen and oxygen atoms in total. The summed E-state index contributed by atoms with van der Waals surface area (Å²) in [6, 6.07) is 14.1. The zero-order valence-electron chi connectivity index (χ0n) is 19.9. The lowest BCUT2D eigenvalue weighted by atomic mass is 10.1. The Morgan fingerprint density at radius 2 is 1.79 bits per heavy atom. The first-order valence-electron chi connectivity index (χ1n) is 12.4. The van der Waals surface area contributed by atoms with Gasteiger partial charge in [0.15, 0.2) is 0 Å². The van der Waals surface area contributed by atoms with Gasteiger partial charge in [0.2, 0.25) is 11.8 Å². The fraction of sp³-hybridized carbons (Fsp3) is 0.556. The summed E-state index contributed by atoms with van der Waals surface area (Å²) >= 11 is 1.65. The number of benzene rings is 1. The molecule has 1 atom stereocenters. The molecule has 1 aliphatic heterocycles. The van der Waals surface area contributed by atoms with Gasteiger partial charge in [0, 0.05) is 31.0 Å². The Kier molecular flexibility index (Phi) is 10.9. The van der Waals surface area contributed by atoms with Gasteiger partial charge in [0.25, 0.3) is 0 Å². The fourth-order valence-corrected chi connectivity index (χ4v) is 4.94. The lowest BCUT2D eigenvalue weighted by Crippen LogP contribution is -2.45. The Morgan fingerprint density at radius 3 is 2.48 bits per heavy atom. The Morgan fingerprint density at radius 1 is 0.970 bits per heavy atom. The summed E-state index contributed by atoms with van der Waals surface area (Å²) in [6.07, 6.45) is 8.05. The Hall–Kier alpha value is -2.18. The van der Waals surface area contributed by atoms with Crippen LogP contribution >= 0.6 is 11.3 Å².